The zero-order valence-corrected chi connectivity index (χ0v) is 47.1. The monoisotopic (exact) mass is 1030 g/mol. The molecule has 1 heterocycles. The van der Waals surface area contributed by atoms with Gasteiger partial charge in [0.05, 0.1) is 5.69 Å². The average molecular weight is 1030 g/mol. The van der Waals surface area contributed by atoms with Crippen molar-refractivity contribution in [1.29, 1.82) is 0 Å². The van der Waals surface area contributed by atoms with Crippen LogP contribution in [0.2, 0.25) is 0 Å². The van der Waals surface area contributed by atoms with Crippen molar-refractivity contribution in [3.05, 3.63) is 241 Å². The molecule has 0 aliphatic heterocycles. The van der Waals surface area contributed by atoms with Crippen molar-refractivity contribution in [1.82, 2.24) is 9.97 Å². The van der Waals surface area contributed by atoms with E-state index in [0.717, 1.165) is 39.5 Å². The number of rotatable bonds is 22. The fraction of sp³-hybridized carbons (Fsp3) is 0.247. The lowest BCUT2D eigenvalue weighted by Crippen LogP contribution is -2.25. The number of hydrogen-bond donors (Lipinski definition) is 0. The van der Waals surface area contributed by atoms with E-state index in [9.17, 15) is 0 Å². The zero-order chi connectivity index (χ0) is 54.0. The van der Waals surface area contributed by atoms with Crippen LogP contribution in [0.3, 0.4) is 0 Å². The first kappa shape index (κ1) is 53.1. The second-order valence-electron chi connectivity index (χ2n) is 22.5. The first-order valence-corrected chi connectivity index (χ1v) is 29.7. The Bertz CT molecular complexity index is 3540. The highest BCUT2D eigenvalue weighted by Gasteiger charge is 2.42. The van der Waals surface area contributed by atoms with Crippen LogP contribution in [0.1, 0.15) is 126 Å². The number of nitrogens with zero attached hydrogens (tertiary/aromatic N) is 2. The van der Waals surface area contributed by atoms with Gasteiger partial charge in [0.1, 0.15) is 0 Å². The number of unbranched alkanes of at least 4 members (excludes halogenated alkanes) is 10. The number of aromatic nitrogens is 2. The fourth-order valence-corrected chi connectivity index (χ4v) is 12.4. The topological polar surface area (TPSA) is 25.8 Å². The molecule has 11 rings (SSSR count). The molecule has 0 bridgehead atoms. The largest absolute Gasteiger partial charge is 0.233 e. The van der Waals surface area contributed by atoms with Crippen LogP contribution in [0, 0.1) is 13.8 Å². The van der Waals surface area contributed by atoms with Crippen LogP contribution in [0.15, 0.2) is 218 Å². The Morgan fingerprint density at radius 1 is 0.291 bits per heavy atom. The van der Waals surface area contributed by atoms with Crippen molar-refractivity contribution in [2.75, 3.05) is 0 Å². The van der Waals surface area contributed by atoms with E-state index in [1.165, 1.54) is 168 Å². The van der Waals surface area contributed by atoms with E-state index in [0.29, 0.717) is 0 Å². The van der Waals surface area contributed by atoms with Gasteiger partial charge < -0.3 is 0 Å². The lowest BCUT2D eigenvalue weighted by Gasteiger charge is -2.33. The minimum Gasteiger partial charge on any atom is -0.233 e. The van der Waals surface area contributed by atoms with Crippen molar-refractivity contribution in [3.63, 3.8) is 0 Å². The summed E-state index contributed by atoms with van der Waals surface area (Å²) in [5.74, 6) is 0.729. The van der Waals surface area contributed by atoms with Crippen molar-refractivity contribution in [3.8, 4) is 101 Å². The molecular formula is C77H76N2. The normalized spacial score (nSPS) is 12.4. The van der Waals surface area contributed by atoms with Crippen molar-refractivity contribution in [2.45, 2.75) is 123 Å². The summed E-state index contributed by atoms with van der Waals surface area (Å²) in [7, 11) is 0. The van der Waals surface area contributed by atoms with Crippen molar-refractivity contribution >= 4 is 0 Å². The number of hydrogen-bond acceptors (Lipinski definition) is 2. The van der Waals surface area contributed by atoms with Crippen LogP contribution in [-0.4, -0.2) is 9.97 Å². The molecule has 2 heteroatoms. The van der Waals surface area contributed by atoms with Crippen LogP contribution in [0.4, 0.5) is 0 Å². The smallest absolute Gasteiger partial charge is 0.160 e. The molecule has 394 valence electrons. The first-order chi connectivity index (χ1) is 38.8. The molecule has 0 saturated heterocycles. The summed E-state index contributed by atoms with van der Waals surface area (Å²) in [6.07, 6.45) is 18.0. The lowest BCUT2D eigenvalue weighted by molar-refractivity contribution is 0.398. The third-order valence-corrected chi connectivity index (χ3v) is 16.9. The van der Waals surface area contributed by atoms with Gasteiger partial charge in [-0.05, 0) is 152 Å². The van der Waals surface area contributed by atoms with Gasteiger partial charge in [-0.3, -0.25) is 0 Å². The van der Waals surface area contributed by atoms with Gasteiger partial charge in [-0.2, -0.15) is 0 Å². The molecule has 0 amide bonds. The highest BCUT2D eigenvalue weighted by Crippen LogP contribution is 2.56. The van der Waals surface area contributed by atoms with E-state index < -0.39 is 0 Å². The van der Waals surface area contributed by atoms with Crippen molar-refractivity contribution < 1.29 is 0 Å². The van der Waals surface area contributed by atoms with Gasteiger partial charge in [0.15, 0.2) is 5.82 Å². The van der Waals surface area contributed by atoms with Crippen LogP contribution in [0.25, 0.3) is 101 Å². The summed E-state index contributed by atoms with van der Waals surface area (Å²) in [4.78, 5) is 10.2. The Kier molecular flexibility index (Phi) is 16.7. The summed E-state index contributed by atoms with van der Waals surface area (Å²) in [5, 5.41) is 0. The van der Waals surface area contributed by atoms with E-state index in [1.54, 1.807) is 5.56 Å². The first-order valence-electron chi connectivity index (χ1n) is 29.7. The maximum absolute atomic E-state index is 5.22. The van der Waals surface area contributed by atoms with Gasteiger partial charge in [0.2, 0.25) is 0 Å². The minimum absolute atomic E-state index is 0.0317. The SMILES string of the molecule is CCCCCCCCC1(CCCCCCCC)c2cc(-c3ccc(-c4ccc(C)cc4)cc3)ccc2-c2ccc(-c3ccc(-c4ccc(-c5cc(C)nc(-c6cc(-c7ccccc7)cc(-c7ccccc7)c6)n5)cc4)cc3)cc21. The van der Waals surface area contributed by atoms with E-state index in [2.05, 4.69) is 246 Å². The standard InChI is InChI=1S/C77H76N2/c1-5-7-9-11-13-21-47-77(48-22-14-12-10-8-6-2)73-53-66(63-35-31-60(32-36-63)59-29-27-55(3)28-30-59)43-45-71(73)72-46-44-67(54-74(72)77)64-37-33-61(34-38-64)62-39-41-65(42-40-62)75-49-56(4)78-76(79-75)70-51-68(57-23-17-15-18-24-57)50-69(52-70)58-25-19-16-20-26-58/h15-20,23-46,49-54H,5-14,21-22,47-48H2,1-4H3. The van der Waals surface area contributed by atoms with Crippen LogP contribution < -0.4 is 0 Å². The molecule has 1 aliphatic rings. The summed E-state index contributed by atoms with van der Waals surface area (Å²) in [6, 6.07) is 81.2. The molecule has 0 radical (unpaired) electrons. The predicted molar refractivity (Wildman–Crippen MR) is 337 cm³/mol. The molecule has 1 aliphatic carbocycles. The third-order valence-electron chi connectivity index (χ3n) is 16.9. The van der Waals surface area contributed by atoms with Gasteiger partial charge in [0, 0.05) is 22.2 Å². The van der Waals surface area contributed by atoms with E-state index in [4.69, 9.17) is 9.97 Å². The summed E-state index contributed by atoms with van der Waals surface area (Å²) in [5.41, 5.74) is 25.8. The second-order valence-corrected chi connectivity index (χ2v) is 22.5. The van der Waals surface area contributed by atoms with Gasteiger partial charge in [-0.25, -0.2) is 9.97 Å². The molecule has 9 aromatic carbocycles. The number of aryl methyl sites for hydroxylation is 2. The van der Waals surface area contributed by atoms with Gasteiger partial charge in [-0.15, -0.1) is 0 Å². The predicted octanol–water partition coefficient (Wildman–Crippen LogP) is 22.2. The highest BCUT2D eigenvalue weighted by atomic mass is 14.9. The van der Waals surface area contributed by atoms with E-state index in [-0.39, 0.29) is 5.41 Å². The Hall–Kier alpha value is -7.94. The number of benzene rings is 9. The Labute approximate surface area is 471 Å². The molecule has 0 unspecified atom stereocenters. The highest BCUT2D eigenvalue weighted by molar-refractivity contribution is 5.87. The Morgan fingerprint density at radius 3 is 1.09 bits per heavy atom. The molecule has 10 aromatic rings. The second kappa shape index (κ2) is 24.8. The van der Waals surface area contributed by atoms with Gasteiger partial charge >= 0.3 is 0 Å². The molecular weight excluding hydrogens is 953 g/mol. The Morgan fingerprint density at radius 2 is 0.646 bits per heavy atom. The maximum Gasteiger partial charge on any atom is 0.160 e. The molecule has 0 fully saturated rings. The molecule has 0 spiro atoms. The molecule has 0 saturated carbocycles. The van der Waals surface area contributed by atoms with Gasteiger partial charge in [0.25, 0.3) is 0 Å². The van der Waals surface area contributed by atoms with Crippen LogP contribution >= 0.6 is 0 Å². The molecule has 79 heavy (non-hydrogen) atoms. The molecule has 0 atom stereocenters. The average Bonchev–Trinajstić information content (AvgIpc) is 3.85. The quantitative estimate of drug-likeness (QED) is 0.0632. The number of fused-ring (bicyclic) bond motifs is 3. The third kappa shape index (κ3) is 12.1. The summed E-state index contributed by atoms with van der Waals surface area (Å²) < 4.78 is 0. The molecule has 0 N–H and O–H groups in total. The minimum atomic E-state index is -0.0317. The molecule has 1 aromatic heterocycles. The van der Waals surface area contributed by atoms with Crippen LogP contribution in [-0.2, 0) is 5.41 Å². The molecule has 2 nitrogen and oxygen atoms in total. The van der Waals surface area contributed by atoms with Gasteiger partial charge in [-0.1, -0.05) is 278 Å². The maximum atomic E-state index is 5.22. The van der Waals surface area contributed by atoms with E-state index in [1.807, 2.05) is 0 Å². The van der Waals surface area contributed by atoms with Crippen molar-refractivity contribution in [2.24, 2.45) is 0 Å². The van der Waals surface area contributed by atoms with E-state index >= 15 is 0 Å². The summed E-state index contributed by atoms with van der Waals surface area (Å²) >= 11 is 0. The summed E-state index contributed by atoms with van der Waals surface area (Å²) in [6.45, 7) is 8.87. The lowest BCUT2D eigenvalue weighted by atomic mass is 9.70. The zero-order valence-electron chi connectivity index (χ0n) is 47.1. The van der Waals surface area contributed by atoms with Crippen LogP contribution in [0.5, 0.6) is 0 Å². The Balaban J connectivity index is 0.882. The fourth-order valence-electron chi connectivity index (χ4n) is 12.4.